The number of anilines is 1. The first-order chi connectivity index (χ1) is 14.6. The number of methoxy groups -OCH3 is 1. The fraction of sp³-hybridized carbons (Fsp3) is 0.0833. The number of nitrogens with zero attached hydrogens (tertiary/aromatic N) is 2. The second-order valence-electron chi connectivity index (χ2n) is 6.63. The Balaban J connectivity index is 1.67. The molecule has 150 valence electrons. The van der Waals surface area contributed by atoms with Crippen molar-refractivity contribution in [3.63, 3.8) is 0 Å². The summed E-state index contributed by atoms with van der Waals surface area (Å²) >= 11 is 4.89. The average Bonchev–Trinajstić information content (AvgIpc) is 3.28. The van der Waals surface area contributed by atoms with E-state index >= 15 is 0 Å². The third-order valence-electron chi connectivity index (χ3n) is 4.63. The summed E-state index contributed by atoms with van der Waals surface area (Å²) in [6, 6.07) is 25.1. The van der Waals surface area contributed by atoms with Gasteiger partial charge in [0, 0.05) is 21.0 Å². The molecule has 0 radical (unpaired) electrons. The number of thiazole rings is 1. The van der Waals surface area contributed by atoms with Gasteiger partial charge < -0.3 is 4.74 Å². The summed E-state index contributed by atoms with van der Waals surface area (Å²) in [7, 11) is 1.64. The molecule has 0 saturated heterocycles. The molecule has 0 aliphatic rings. The Morgan fingerprint density at radius 1 is 1.00 bits per heavy atom. The predicted molar refractivity (Wildman–Crippen MR) is 125 cm³/mol. The van der Waals surface area contributed by atoms with Gasteiger partial charge in [-0.1, -0.05) is 46.3 Å². The molecule has 0 saturated carbocycles. The molecule has 4 nitrogen and oxygen atoms in total. The monoisotopic (exact) mass is 478 g/mol. The van der Waals surface area contributed by atoms with E-state index in [0.29, 0.717) is 17.2 Å². The number of amides is 1. The van der Waals surface area contributed by atoms with Gasteiger partial charge in [0.1, 0.15) is 5.75 Å². The number of aromatic nitrogens is 1. The molecular weight excluding hydrogens is 460 g/mol. The summed E-state index contributed by atoms with van der Waals surface area (Å²) in [5.74, 6) is 0.715. The van der Waals surface area contributed by atoms with Crippen LogP contribution in [-0.4, -0.2) is 18.0 Å². The second-order valence-corrected chi connectivity index (χ2v) is 8.38. The summed E-state index contributed by atoms with van der Waals surface area (Å²) in [5, 5.41) is 2.64. The molecule has 0 fully saturated rings. The van der Waals surface area contributed by atoms with Crippen molar-refractivity contribution in [3.05, 3.63) is 99.8 Å². The quantitative estimate of drug-likeness (QED) is 0.320. The third kappa shape index (κ3) is 4.61. The number of carbonyl (C=O) groups excluding carboxylic acids is 1. The van der Waals surface area contributed by atoms with Crippen LogP contribution in [-0.2, 0) is 6.54 Å². The Morgan fingerprint density at radius 2 is 1.70 bits per heavy atom. The Hall–Kier alpha value is -2.96. The maximum atomic E-state index is 13.4. The number of rotatable bonds is 6. The van der Waals surface area contributed by atoms with Gasteiger partial charge in [-0.3, -0.25) is 9.69 Å². The molecule has 4 rings (SSSR count). The Bertz CT molecular complexity index is 1130. The van der Waals surface area contributed by atoms with Crippen LogP contribution < -0.4 is 9.64 Å². The molecule has 0 aliphatic carbocycles. The minimum atomic E-state index is -0.0815. The molecular formula is C24H19BrN2O2S. The van der Waals surface area contributed by atoms with E-state index in [0.717, 1.165) is 27.0 Å². The first-order valence-electron chi connectivity index (χ1n) is 9.35. The molecule has 0 unspecified atom stereocenters. The minimum Gasteiger partial charge on any atom is -0.497 e. The molecule has 6 heteroatoms. The molecule has 0 N–H and O–H groups in total. The van der Waals surface area contributed by atoms with Gasteiger partial charge in [-0.15, -0.1) is 11.3 Å². The third-order valence-corrected chi connectivity index (χ3v) is 6.02. The molecule has 1 amide bonds. The van der Waals surface area contributed by atoms with Gasteiger partial charge in [-0.2, -0.15) is 0 Å². The van der Waals surface area contributed by atoms with Crippen molar-refractivity contribution in [1.29, 1.82) is 0 Å². The number of hydrogen-bond donors (Lipinski definition) is 0. The number of carbonyl (C=O) groups is 1. The van der Waals surface area contributed by atoms with Gasteiger partial charge in [0.25, 0.3) is 5.91 Å². The smallest absolute Gasteiger partial charge is 0.260 e. The molecule has 3 aromatic carbocycles. The van der Waals surface area contributed by atoms with Crippen LogP contribution in [0.3, 0.4) is 0 Å². The van der Waals surface area contributed by atoms with Crippen LogP contribution in [0, 0.1) is 0 Å². The van der Waals surface area contributed by atoms with E-state index in [1.54, 1.807) is 12.0 Å². The highest BCUT2D eigenvalue weighted by atomic mass is 79.9. The highest BCUT2D eigenvalue weighted by Gasteiger charge is 2.21. The van der Waals surface area contributed by atoms with E-state index in [1.807, 2.05) is 84.2 Å². The van der Waals surface area contributed by atoms with Crippen molar-refractivity contribution < 1.29 is 9.53 Å². The zero-order valence-corrected chi connectivity index (χ0v) is 18.7. The predicted octanol–water partition coefficient (Wildman–Crippen LogP) is 6.43. The molecule has 30 heavy (non-hydrogen) atoms. The van der Waals surface area contributed by atoms with E-state index in [4.69, 9.17) is 9.72 Å². The van der Waals surface area contributed by atoms with Gasteiger partial charge in [-0.05, 0) is 54.1 Å². The van der Waals surface area contributed by atoms with Crippen molar-refractivity contribution in [2.45, 2.75) is 6.54 Å². The van der Waals surface area contributed by atoms with Crippen LogP contribution in [0.4, 0.5) is 5.13 Å². The topological polar surface area (TPSA) is 42.4 Å². The molecule has 1 aromatic heterocycles. The van der Waals surface area contributed by atoms with Crippen molar-refractivity contribution in [2.24, 2.45) is 0 Å². The molecule has 0 spiro atoms. The Kier molecular flexibility index (Phi) is 6.26. The summed E-state index contributed by atoms with van der Waals surface area (Å²) < 4.78 is 6.16. The highest BCUT2D eigenvalue weighted by molar-refractivity contribution is 9.10. The summed E-state index contributed by atoms with van der Waals surface area (Å²) in [4.78, 5) is 19.9. The fourth-order valence-electron chi connectivity index (χ4n) is 3.02. The van der Waals surface area contributed by atoms with Crippen LogP contribution in [0.25, 0.3) is 11.3 Å². The summed E-state index contributed by atoms with van der Waals surface area (Å²) in [5.41, 5.74) is 3.48. The largest absolute Gasteiger partial charge is 0.497 e. The van der Waals surface area contributed by atoms with E-state index in [1.165, 1.54) is 11.3 Å². The lowest BCUT2D eigenvalue weighted by atomic mass is 10.1. The number of hydrogen-bond acceptors (Lipinski definition) is 4. The number of halogens is 1. The summed E-state index contributed by atoms with van der Waals surface area (Å²) in [6.07, 6.45) is 0. The summed E-state index contributed by atoms with van der Waals surface area (Å²) in [6.45, 7) is 0.450. The first kappa shape index (κ1) is 20.3. The lowest BCUT2D eigenvalue weighted by Gasteiger charge is -2.20. The maximum Gasteiger partial charge on any atom is 0.260 e. The normalized spacial score (nSPS) is 10.6. The van der Waals surface area contributed by atoms with E-state index in [-0.39, 0.29) is 5.91 Å². The molecule has 4 aromatic rings. The van der Waals surface area contributed by atoms with Crippen LogP contribution in [0.1, 0.15) is 15.9 Å². The van der Waals surface area contributed by atoms with Crippen molar-refractivity contribution >= 4 is 38.3 Å². The Labute approximate surface area is 187 Å². The zero-order chi connectivity index (χ0) is 20.9. The maximum absolute atomic E-state index is 13.4. The SMILES string of the molecule is COc1ccc(-c2csc(N(Cc3ccccc3)C(=O)c3ccc(Br)cc3)n2)cc1. The van der Waals surface area contributed by atoms with E-state index in [9.17, 15) is 4.79 Å². The van der Waals surface area contributed by atoms with Gasteiger partial charge in [0.2, 0.25) is 0 Å². The Morgan fingerprint density at radius 3 is 2.37 bits per heavy atom. The van der Waals surface area contributed by atoms with Crippen molar-refractivity contribution in [1.82, 2.24) is 4.98 Å². The molecule has 0 aliphatic heterocycles. The fourth-order valence-corrected chi connectivity index (χ4v) is 4.12. The molecule has 0 bridgehead atoms. The van der Waals surface area contributed by atoms with Crippen molar-refractivity contribution in [2.75, 3.05) is 12.0 Å². The standard InChI is InChI=1S/C24H19BrN2O2S/c1-29-21-13-9-18(10-14-21)22-16-30-24(26-22)27(15-17-5-3-2-4-6-17)23(28)19-7-11-20(25)12-8-19/h2-14,16H,15H2,1H3. The van der Waals surface area contributed by atoms with Crippen LogP contribution in [0.2, 0.25) is 0 Å². The minimum absolute atomic E-state index is 0.0815. The van der Waals surface area contributed by atoms with Crippen LogP contribution in [0.5, 0.6) is 5.75 Å². The van der Waals surface area contributed by atoms with Crippen LogP contribution >= 0.6 is 27.3 Å². The van der Waals surface area contributed by atoms with Gasteiger partial charge in [0.05, 0.1) is 19.3 Å². The molecule has 0 atom stereocenters. The molecule has 1 heterocycles. The first-order valence-corrected chi connectivity index (χ1v) is 11.0. The number of benzene rings is 3. The van der Waals surface area contributed by atoms with E-state index in [2.05, 4.69) is 15.9 Å². The van der Waals surface area contributed by atoms with Gasteiger partial charge in [0.15, 0.2) is 5.13 Å². The lowest BCUT2D eigenvalue weighted by Crippen LogP contribution is -2.30. The van der Waals surface area contributed by atoms with Crippen molar-refractivity contribution in [3.8, 4) is 17.0 Å². The second kappa shape index (κ2) is 9.24. The van der Waals surface area contributed by atoms with Gasteiger partial charge >= 0.3 is 0 Å². The highest BCUT2D eigenvalue weighted by Crippen LogP contribution is 2.30. The van der Waals surface area contributed by atoms with Gasteiger partial charge in [-0.25, -0.2) is 4.98 Å². The lowest BCUT2D eigenvalue weighted by molar-refractivity contribution is 0.0985. The number of ether oxygens (including phenoxy) is 1. The zero-order valence-electron chi connectivity index (χ0n) is 16.3. The van der Waals surface area contributed by atoms with Crippen LogP contribution in [0.15, 0.2) is 88.7 Å². The van der Waals surface area contributed by atoms with E-state index < -0.39 is 0 Å². The average molecular weight is 479 g/mol.